The van der Waals surface area contributed by atoms with Crippen molar-refractivity contribution in [3.05, 3.63) is 22.8 Å². The van der Waals surface area contributed by atoms with Crippen molar-refractivity contribution < 1.29 is 19.1 Å². The van der Waals surface area contributed by atoms with Crippen LogP contribution in [0.4, 0.5) is 0 Å². The Hall–Kier alpha value is -1.86. The number of hydrogen-bond donors (Lipinski definition) is 0. The molecule has 2 saturated heterocycles. The van der Waals surface area contributed by atoms with E-state index in [0.717, 1.165) is 12.8 Å². The molecule has 2 aliphatic rings. The number of aromatic nitrogens is 1. The third kappa shape index (κ3) is 3.73. The number of piperazine rings is 1. The van der Waals surface area contributed by atoms with Gasteiger partial charge in [-0.25, -0.2) is 4.98 Å². The van der Waals surface area contributed by atoms with E-state index in [1.165, 1.54) is 6.20 Å². The van der Waals surface area contributed by atoms with E-state index in [1.807, 2.05) is 0 Å². The number of hydrogen-bond acceptors (Lipinski definition) is 5. The van der Waals surface area contributed by atoms with Gasteiger partial charge in [0.2, 0.25) is 12.3 Å². The van der Waals surface area contributed by atoms with E-state index >= 15 is 0 Å². The molecule has 3 heterocycles. The zero-order valence-corrected chi connectivity index (χ0v) is 13.4. The lowest BCUT2D eigenvalue weighted by Crippen LogP contribution is -2.48. The zero-order valence-electron chi connectivity index (χ0n) is 12.6. The zero-order chi connectivity index (χ0) is 16.2. The van der Waals surface area contributed by atoms with Crippen molar-refractivity contribution in [2.24, 2.45) is 0 Å². The Morgan fingerprint density at radius 2 is 2.17 bits per heavy atom. The fraction of sp³-hybridized carbons (Fsp3) is 0.533. The summed E-state index contributed by atoms with van der Waals surface area (Å²) in [5.74, 6) is 0.185. The largest absolute Gasteiger partial charge is 0.471 e. The van der Waals surface area contributed by atoms with Crippen molar-refractivity contribution in [2.75, 3.05) is 39.4 Å². The fourth-order valence-corrected chi connectivity index (χ4v) is 2.82. The summed E-state index contributed by atoms with van der Waals surface area (Å²) in [5.41, 5.74) is 0.421. The van der Waals surface area contributed by atoms with Crippen LogP contribution in [0.5, 0.6) is 5.88 Å². The number of carbonyl (C=O) groups is 2. The number of amides is 2. The highest BCUT2D eigenvalue weighted by Crippen LogP contribution is 2.25. The van der Waals surface area contributed by atoms with E-state index in [9.17, 15) is 9.59 Å². The molecule has 7 nitrogen and oxygen atoms in total. The van der Waals surface area contributed by atoms with Crippen molar-refractivity contribution in [2.45, 2.75) is 12.5 Å². The first-order valence-corrected chi connectivity index (χ1v) is 7.93. The topological polar surface area (TPSA) is 72.0 Å². The van der Waals surface area contributed by atoms with Crippen LogP contribution in [0.3, 0.4) is 0 Å². The van der Waals surface area contributed by atoms with E-state index in [0.29, 0.717) is 55.9 Å². The second-order valence-electron chi connectivity index (χ2n) is 5.55. The molecule has 1 aromatic heterocycles. The van der Waals surface area contributed by atoms with Crippen molar-refractivity contribution in [1.82, 2.24) is 14.8 Å². The van der Waals surface area contributed by atoms with Crippen molar-refractivity contribution in [1.29, 1.82) is 0 Å². The number of halogens is 1. The Bertz CT molecular complexity index is 584. The maximum Gasteiger partial charge on any atom is 0.255 e. The summed E-state index contributed by atoms with van der Waals surface area (Å²) >= 11 is 6.18. The van der Waals surface area contributed by atoms with E-state index < -0.39 is 0 Å². The van der Waals surface area contributed by atoms with Crippen LogP contribution in [0.25, 0.3) is 0 Å². The quantitative estimate of drug-likeness (QED) is 0.759. The van der Waals surface area contributed by atoms with Crippen LogP contribution < -0.4 is 4.74 Å². The lowest BCUT2D eigenvalue weighted by Gasteiger charge is -2.32. The van der Waals surface area contributed by atoms with Crippen molar-refractivity contribution in [3.8, 4) is 5.88 Å². The van der Waals surface area contributed by atoms with Gasteiger partial charge in [0.25, 0.3) is 5.91 Å². The minimum atomic E-state index is -0.138. The lowest BCUT2D eigenvalue weighted by molar-refractivity contribution is -0.119. The Morgan fingerprint density at radius 1 is 1.39 bits per heavy atom. The molecule has 23 heavy (non-hydrogen) atoms. The van der Waals surface area contributed by atoms with Crippen LogP contribution in [0.15, 0.2) is 12.3 Å². The van der Waals surface area contributed by atoms with Gasteiger partial charge in [-0.2, -0.15) is 0 Å². The minimum absolute atomic E-state index is 0.0435. The van der Waals surface area contributed by atoms with Gasteiger partial charge in [-0.05, 0) is 6.07 Å². The highest BCUT2D eigenvalue weighted by molar-refractivity contribution is 6.32. The summed E-state index contributed by atoms with van der Waals surface area (Å²) in [5, 5.41) is 0.314. The van der Waals surface area contributed by atoms with Crippen LogP contribution in [-0.4, -0.2) is 72.6 Å². The Balaban J connectivity index is 1.64. The summed E-state index contributed by atoms with van der Waals surface area (Å²) < 4.78 is 10.9. The Morgan fingerprint density at radius 3 is 2.78 bits per heavy atom. The SMILES string of the molecule is O=CN1CCN(C(=O)c2cnc(OC3CCOC3)c(Cl)c2)CC1. The molecule has 2 fully saturated rings. The summed E-state index contributed by atoms with van der Waals surface area (Å²) in [7, 11) is 0. The first-order valence-electron chi connectivity index (χ1n) is 7.56. The van der Waals surface area contributed by atoms with Gasteiger partial charge in [-0.3, -0.25) is 9.59 Å². The normalized spacial score (nSPS) is 21.3. The molecule has 3 rings (SSSR count). The molecule has 1 atom stereocenters. The molecule has 1 aromatic rings. The van der Waals surface area contributed by atoms with Crippen molar-refractivity contribution in [3.63, 3.8) is 0 Å². The minimum Gasteiger partial charge on any atom is -0.471 e. The highest BCUT2D eigenvalue weighted by Gasteiger charge is 2.23. The molecule has 0 spiro atoms. The third-order valence-corrected chi connectivity index (χ3v) is 4.24. The second kappa shape index (κ2) is 7.14. The number of pyridine rings is 1. The molecule has 0 N–H and O–H groups in total. The molecule has 0 aliphatic carbocycles. The van der Waals surface area contributed by atoms with E-state index in [-0.39, 0.29) is 12.0 Å². The molecule has 1 unspecified atom stereocenters. The van der Waals surface area contributed by atoms with Gasteiger partial charge in [-0.15, -0.1) is 0 Å². The molecule has 8 heteroatoms. The van der Waals surface area contributed by atoms with Crippen LogP contribution in [-0.2, 0) is 9.53 Å². The molecular weight excluding hydrogens is 322 g/mol. The van der Waals surface area contributed by atoms with E-state index in [2.05, 4.69) is 4.98 Å². The van der Waals surface area contributed by atoms with Gasteiger partial charge >= 0.3 is 0 Å². The number of carbonyl (C=O) groups excluding carboxylic acids is 2. The van der Waals surface area contributed by atoms with Gasteiger partial charge in [-0.1, -0.05) is 11.6 Å². The third-order valence-electron chi connectivity index (χ3n) is 3.97. The summed E-state index contributed by atoms with van der Waals surface area (Å²) in [6.45, 7) is 3.30. The number of nitrogens with zero attached hydrogens (tertiary/aromatic N) is 3. The van der Waals surface area contributed by atoms with E-state index in [4.69, 9.17) is 21.1 Å². The lowest BCUT2D eigenvalue weighted by atomic mass is 10.2. The molecule has 0 bridgehead atoms. The second-order valence-corrected chi connectivity index (χ2v) is 5.96. The average molecular weight is 340 g/mol. The molecule has 0 aromatic carbocycles. The number of ether oxygens (including phenoxy) is 2. The maximum absolute atomic E-state index is 12.5. The predicted octanol–water partition coefficient (Wildman–Crippen LogP) is 0.817. The van der Waals surface area contributed by atoms with Crippen molar-refractivity contribution >= 4 is 23.9 Å². The van der Waals surface area contributed by atoms with Gasteiger partial charge in [0.05, 0.1) is 18.8 Å². The Kier molecular flexibility index (Phi) is 4.97. The average Bonchev–Trinajstić information content (AvgIpc) is 3.09. The standard InChI is InChI=1S/C15H18ClN3O4/c16-13-7-11(8-17-14(13)23-12-1-6-22-9-12)15(21)19-4-2-18(10-20)3-5-19/h7-8,10,12H,1-6,9H2. The molecular formula is C15H18ClN3O4. The smallest absolute Gasteiger partial charge is 0.255 e. The van der Waals surface area contributed by atoms with Crippen LogP contribution in [0.1, 0.15) is 16.8 Å². The van der Waals surface area contributed by atoms with Crippen LogP contribution in [0.2, 0.25) is 5.02 Å². The molecule has 2 aliphatic heterocycles. The van der Waals surface area contributed by atoms with Gasteiger partial charge in [0.15, 0.2) is 0 Å². The van der Waals surface area contributed by atoms with Gasteiger partial charge in [0.1, 0.15) is 11.1 Å². The first-order chi connectivity index (χ1) is 11.2. The predicted molar refractivity (Wildman–Crippen MR) is 82.6 cm³/mol. The molecule has 2 amide bonds. The monoisotopic (exact) mass is 339 g/mol. The highest BCUT2D eigenvalue weighted by atomic mass is 35.5. The summed E-state index contributed by atoms with van der Waals surface area (Å²) in [6.07, 6.45) is 3.04. The van der Waals surface area contributed by atoms with Crippen LogP contribution in [0, 0.1) is 0 Å². The van der Waals surface area contributed by atoms with E-state index in [1.54, 1.807) is 15.9 Å². The number of rotatable bonds is 4. The summed E-state index contributed by atoms with van der Waals surface area (Å²) in [6, 6.07) is 1.58. The first kappa shape index (κ1) is 16.0. The summed E-state index contributed by atoms with van der Waals surface area (Å²) in [4.78, 5) is 30.7. The fourth-order valence-electron chi connectivity index (χ4n) is 2.61. The van der Waals surface area contributed by atoms with Gasteiger partial charge in [0, 0.05) is 38.8 Å². The van der Waals surface area contributed by atoms with Crippen LogP contribution >= 0.6 is 11.6 Å². The molecule has 0 radical (unpaired) electrons. The molecule has 124 valence electrons. The Labute approximate surface area is 139 Å². The molecule has 0 saturated carbocycles. The maximum atomic E-state index is 12.5. The van der Waals surface area contributed by atoms with Gasteiger partial charge < -0.3 is 19.3 Å².